The van der Waals surface area contributed by atoms with Gasteiger partial charge in [-0.3, -0.25) is 9.59 Å². The van der Waals surface area contributed by atoms with Crippen LogP contribution in [0.3, 0.4) is 0 Å². The number of hydroxylamine groups is 2. The number of rotatable bonds is 14. The number of hydrogen-bond donors (Lipinski definition) is 4. The van der Waals surface area contributed by atoms with Crippen LogP contribution in [0.1, 0.15) is 22.3 Å². The summed E-state index contributed by atoms with van der Waals surface area (Å²) in [7, 11) is 0. The minimum Gasteiger partial charge on any atom is -0.480 e. The number of carboxylic acid groups (broad SMARTS) is 1. The van der Waals surface area contributed by atoms with Gasteiger partial charge >= 0.3 is 12.1 Å². The highest BCUT2D eigenvalue weighted by atomic mass is 19.1. The number of carbonyl (C=O) groups is 4. The van der Waals surface area contributed by atoms with Crippen LogP contribution in [0.4, 0.5) is 15.0 Å². The van der Waals surface area contributed by atoms with Crippen molar-refractivity contribution >= 4 is 29.8 Å². The van der Waals surface area contributed by atoms with Gasteiger partial charge in [-0.15, -0.1) is 5.06 Å². The monoisotopic (exact) mass is 609 g/mol. The second-order valence-electron chi connectivity index (χ2n) is 9.78. The molecular formula is C30H32FN5O8. The van der Waals surface area contributed by atoms with Crippen molar-refractivity contribution in [2.45, 2.75) is 31.2 Å². The number of nitrogens with one attached hydrogen (secondary N) is 3. The fourth-order valence-electron chi connectivity index (χ4n) is 4.33. The highest BCUT2D eigenvalue weighted by molar-refractivity contribution is 5.97. The molecular weight excluding hydrogens is 577 g/mol. The number of pyridine rings is 1. The van der Waals surface area contributed by atoms with E-state index in [-0.39, 0.29) is 24.8 Å². The summed E-state index contributed by atoms with van der Waals surface area (Å²) in [4.78, 5) is 58.5. The zero-order valence-corrected chi connectivity index (χ0v) is 23.6. The Morgan fingerprint density at radius 3 is 2.50 bits per heavy atom. The molecule has 1 aliphatic rings. The highest BCUT2D eigenvalue weighted by Gasteiger charge is 2.36. The van der Waals surface area contributed by atoms with Gasteiger partial charge in [0, 0.05) is 19.3 Å². The van der Waals surface area contributed by atoms with E-state index in [2.05, 4.69) is 20.9 Å². The van der Waals surface area contributed by atoms with Crippen molar-refractivity contribution < 1.29 is 43.0 Å². The molecule has 2 heterocycles. The summed E-state index contributed by atoms with van der Waals surface area (Å²) in [5, 5.41) is 18.6. The molecule has 2 aromatic carbocycles. The molecule has 1 aromatic heterocycles. The Morgan fingerprint density at radius 2 is 1.77 bits per heavy atom. The maximum atomic E-state index is 13.9. The summed E-state index contributed by atoms with van der Waals surface area (Å²) in [5.74, 6) is -3.17. The fraction of sp³-hybridized carbons (Fsp3) is 0.300. The molecule has 4 N–H and O–H groups in total. The first-order valence-electron chi connectivity index (χ1n) is 13.7. The number of carbonyl (C=O) groups excluding carboxylic acids is 3. The number of carboxylic acids is 1. The highest BCUT2D eigenvalue weighted by Crippen LogP contribution is 2.22. The first-order valence-corrected chi connectivity index (χ1v) is 13.7. The molecule has 44 heavy (non-hydrogen) atoms. The number of aliphatic carboxylic acids is 1. The molecule has 1 fully saturated rings. The number of benzene rings is 2. The molecule has 0 radical (unpaired) electrons. The standard InChI is InChI=1S/C30H32FN5O8/c31-24-11-5-4-10-23(24)28(38)35-25(29(39)40)16-34-27(37)19-42-22-14-21(15-33-26-12-6-7-13-32-26)36(17-22)44-30(41)43-18-20-8-2-1-3-9-20/h1-13,21-22,25H,14-19H2,(H,32,33)(H,34,37)(H,35,38)(H,39,40). The van der Waals surface area contributed by atoms with Crippen molar-refractivity contribution in [3.8, 4) is 0 Å². The molecule has 1 saturated heterocycles. The van der Waals surface area contributed by atoms with Crippen LogP contribution < -0.4 is 16.0 Å². The van der Waals surface area contributed by atoms with Crippen LogP contribution in [0.2, 0.25) is 0 Å². The van der Waals surface area contributed by atoms with Gasteiger partial charge in [-0.1, -0.05) is 48.5 Å². The van der Waals surface area contributed by atoms with Crippen LogP contribution in [0.15, 0.2) is 79.0 Å². The van der Waals surface area contributed by atoms with Crippen molar-refractivity contribution in [1.29, 1.82) is 0 Å². The molecule has 1 aliphatic heterocycles. The predicted octanol–water partition coefficient (Wildman–Crippen LogP) is 2.36. The van der Waals surface area contributed by atoms with Gasteiger partial charge in [0.1, 0.15) is 30.9 Å². The summed E-state index contributed by atoms with van der Waals surface area (Å²) in [6.07, 6.45) is 0.605. The zero-order chi connectivity index (χ0) is 31.3. The van der Waals surface area contributed by atoms with E-state index in [1.54, 1.807) is 18.3 Å². The molecule has 3 aromatic rings. The molecule has 13 nitrogen and oxygen atoms in total. The van der Waals surface area contributed by atoms with E-state index in [9.17, 15) is 28.7 Å². The molecule has 3 atom stereocenters. The number of amides is 2. The summed E-state index contributed by atoms with van der Waals surface area (Å²) in [6, 6.07) is 17.8. The first-order chi connectivity index (χ1) is 21.3. The molecule has 232 valence electrons. The Bertz CT molecular complexity index is 1410. The minimum atomic E-state index is -1.51. The Kier molecular flexibility index (Phi) is 11.5. The van der Waals surface area contributed by atoms with Gasteiger partial charge in [-0.25, -0.2) is 19.0 Å². The van der Waals surface area contributed by atoms with Crippen molar-refractivity contribution in [2.24, 2.45) is 0 Å². The summed E-state index contributed by atoms with van der Waals surface area (Å²) < 4.78 is 24.8. The van der Waals surface area contributed by atoms with Crippen LogP contribution in [-0.4, -0.2) is 83.5 Å². The predicted molar refractivity (Wildman–Crippen MR) is 154 cm³/mol. The van der Waals surface area contributed by atoms with Crippen molar-refractivity contribution in [3.05, 3.63) is 95.9 Å². The Labute approximate surface area is 252 Å². The van der Waals surface area contributed by atoms with Crippen molar-refractivity contribution in [1.82, 2.24) is 20.7 Å². The van der Waals surface area contributed by atoms with Gasteiger partial charge in [0.2, 0.25) is 5.91 Å². The van der Waals surface area contributed by atoms with Crippen molar-refractivity contribution in [2.75, 3.05) is 31.6 Å². The average Bonchev–Trinajstić information content (AvgIpc) is 3.42. The van der Waals surface area contributed by atoms with Crippen LogP contribution >= 0.6 is 0 Å². The van der Waals surface area contributed by atoms with Crippen LogP contribution in [0.5, 0.6) is 0 Å². The fourth-order valence-corrected chi connectivity index (χ4v) is 4.33. The number of nitrogens with zero attached hydrogens (tertiary/aromatic N) is 2. The number of halogens is 1. The molecule has 14 heteroatoms. The molecule has 3 unspecified atom stereocenters. The normalized spacial score (nSPS) is 16.8. The molecule has 0 spiro atoms. The summed E-state index contributed by atoms with van der Waals surface area (Å²) in [5.41, 5.74) is 0.473. The largest absolute Gasteiger partial charge is 0.528 e. The molecule has 0 aliphatic carbocycles. The van der Waals surface area contributed by atoms with E-state index in [0.29, 0.717) is 18.8 Å². The van der Waals surface area contributed by atoms with Gasteiger partial charge in [-0.05, 0) is 36.2 Å². The topological polar surface area (TPSA) is 168 Å². The zero-order valence-electron chi connectivity index (χ0n) is 23.6. The van der Waals surface area contributed by atoms with Gasteiger partial charge in [0.05, 0.1) is 24.3 Å². The van der Waals surface area contributed by atoms with Crippen LogP contribution in [-0.2, 0) is 30.5 Å². The second-order valence-corrected chi connectivity index (χ2v) is 9.78. The Morgan fingerprint density at radius 1 is 1.02 bits per heavy atom. The van der Waals surface area contributed by atoms with Gasteiger partial charge < -0.3 is 35.4 Å². The number of anilines is 1. The van der Waals surface area contributed by atoms with E-state index in [4.69, 9.17) is 14.3 Å². The summed E-state index contributed by atoms with van der Waals surface area (Å²) in [6.45, 7) is -0.370. The molecule has 0 bridgehead atoms. The third-order valence-corrected chi connectivity index (χ3v) is 6.58. The van der Waals surface area contributed by atoms with E-state index < -0.39 is 55.1 Å². The minimum absolute atomic E-state index is 0.0303. The van der Waals surface area contributed by atoms with E-state index in [1.165, 1.54) is 23.3 Å². The lowest BCUT2D eigenvalue weighted by Gasteiger charge is -2.22. The number of ether oxygens (including phenoxy) is 2. The quantitative estimate of drug-likeness (QED) is 0.198. The molecule has 0 saturated carbocycles. The van der Waals surface area contributed by atoms with Gasteiger partial charge in [0.15, 0.2) is 0 Å². The third-order valence-electron chi connectivity index (χ3n) is 6.58. The maximum absolute atomic E-state index is 13.9. The van der Waals surface area contributed by atoms with Crippen LogP contribution in [0.25, 0.3) is 0 Å². The molecule has 4 rings (SSSR count). The smallest absolute Gasteiger partial charge is 0.480 e. The SMILES string of the molecule is O=C(COC1CC(CNc2ccccn2)N(OC(=O)OCc2ccccc2)C1)NCC(NC(=O)c1ccccc1F)C(=O)O. The lowest BCUT2D eigenvalue weighted by molar-refractivity contribution is -0.143. The first kappa shape index (κ1) is 31.8. The van der Waals surface area contributed by atoms with Gasteiger partial charge in [-0.2, -0.15) is 0 Å². The van der Waals surface area contributed by atoms with Gasteiger partial charge in [0.25, 0.3) is 5.91 Å². The Hall–Kier alpha value is -5.08. The van der Waals surface area contributed by atoms with E-state index in [1.807, 2.05) is 36.4 Å². The van der Waals surface area contributed by atoms with E-state index in [0.717, 1.165) is 11.6 Å². The molecule has 2 amide bonds. The van der Waals surface area contributed by atoms with E-state index >= 15 is 0 Å². The Balaban J connectivity index is 1.27. The van der Waals surface area contributed by atoms with Crippen LogP contribution in [0, 0.1) is 5.82 Å². The number of aromatic nitrogens is 1. The number of hydrogen-bond acceptors (Lipinski definition) is 10. The lowest BCUT2D eigenvalue weighted by Crippen LogP contribution is -2.49. The third kappa shape index (κ3) is 9.74. The van der Waals surface area contributed by atoms with Crippen molar-refractivity contribution in [3.63, 3.8) is 0 Å². The average molecular weight is 610 g/mol. The maximum Gasteiger partial charge on any atom is 0.528 e. The lowest BCUT2D eigenvalue weighted by atomic mass is 10.2. The summed E-state index contributed by atoms with van der Waals surface area (Å²) >= 11 is 0. The second kappa shape index (κ2) is 16.0.